The summed E-state index contributed by atoms with van der Waals surface area (Å²) in [5.41, 5.74) is -0.282. The molecular weight excluding hydrogens is 238 g/mol. The molecule has 0 bridgehead atoms. The molecule has 0 spiro atoms. The lowest BCUT2D eigenvalue weighted by Gasteiger charge is -2.40. The minimum Gasteiger partial charge on any atom is -0.391 e. The maximum atomic E-state index is 11.3. The van der Waals surface area contributed by atoms with Crippen molar-refractivity contribution in [3.05, 3.63) is 0 Å². The molecule has 1 N–H and O–H groups in total. The second kappa shape index (κ2) is 6.71. The zero-order valence-electron chi connectivity index (χ0n) is 11.7. The second-order valence-electron chi connectivity index (χ2n) is 5.00. The molecule has 0 fully saturated rings. The van der Waals surface area contributed by atoms with Crippen LogP contribution in [0.4, 0.5) is 0 Å². The van der Waals surface area contributed by atoms with Gasteiger partial charge in [0.1, 0.15) is 9.84 Å². The fourth-order valence-corrected chi connectivity index (χ4v) is 2.70. The molecule has 0 aliphatic rings. The largest absolute Gasteiger partial charge is 0.391 e. The number of hydrogen-bond acceptors (Lipinski definition) is 4. The van der Waals surface area contributed by atoms with E-state index in [9.17, 15) is 13.5 Å². The van der Waals surface area contributed by atoms with Crippen molar-refractivity contribution in [3.8, 4) is 0 Å². The maximum Gasteiger partial charge on any atom is 0.150 e. The van der Waals surface area contributed by atoms with Gasteiger partial charge in [-0.1, -0.05) is 13.8 Å². The van der Waals surface area contributed by atoms with E-state index in [0.717, 1.165) is 6.42 Å². The summed E-state index contributed by atoms with van der Waals surface area (Å²) in [6.07, 6.45) is 1.40. The van der Waals surface area contributed by atoms with Crippen LogP contribution in [0.3, 0.4) is 0 Å². The minimum atomic E-state index is -2.91. The summed E-state index contributed by atoms with van der Waals surface area (Å²) in [6.45, 7) is 5.69. The van der Waals surface area contributed by atoms with Gasteiger partial charge in [-0.25, -0.2) is 8.42 Å². The van der Waals surface area contributed by atoms with E-state index in [1.54, 1.807) is 6.92 Å². The third kappa shape index (κ3) is 4.94. The van der Waals surface area contributed by atoms with Gasteiger partial charge in [-0.3, -0.25) is 0 Å². The zero-order chi connectivity index (χ0) is 13.7. The van der Waals surface area contributed by atoms with Crippen LogP contribution in [0.15, 0.2) is 0 Å². The van der Waals surface area contributed by atoms with Crippen LogP contribution >= 0.6 is 0 Å². The highest BCUT2D eigenvalue weighted by molar-refractivity contribution is 7.91. The number of likely N-dealkylation sites (N-methyl/N-ethyl adjacent to an activating group) is 1. The number of aliphatic hydroxyl groups is 1. The molecule has 0 heterocycles. The van der Waals surface area contributed by atoms with Gasteiger partial charge in [0.25, 0.3) is 0 Å². The average molecular weight is 265 g/mol. The molecular formula is C12H27NO3S. The van der Waals surface area contributed by atoms with E-state index in [0.29, 0.717) is 12.8 Å². The SMILES string of the molecule is CCC(C)(C(O)CCCS(=O)(=O)CC)N(C)C. The highest BCUT2D eigenvalue weighted by atomic mass is 32.2. The van der Waals surface area contributed by atoms with Crippen LogP contribution in [-0.4, -0.2) is 55.7 Å². The number of hydrogen-bond donors (Lipinski definition) is 1. The molecule has 5 heteroatoms. The molecule has 0 amide bonds. The Bertz CT molecular complexity index is 314. The Morgan fingerprint density at radius 1 is 1.29 bits per heavy atom. The normalized spacial score (nSPS) is 18.1. The summed E-state index contributed by atoms with van der Waals surface area (Å²) in [7, 11) is 0.968. The van der Waals surface area contributed by atoms with E-state index in [1.807, 2.05) is 32.8 Å². The van der Waals surface area contributed by atoms with E-state index >= 15 is 0 Å². The van der Waals surface area contributed by atoms with E-state index < -0.39 is 15.9 Å². The standard InChI is InChI=1S/C12H27NO3S/c1-6-12(3,13(4)5)11(14)9-8-10-17(15,16)7-2/h11,14H,6-10H2,1-5H3. The first-order valence-corrected chi connectivity index (χ1v) is 8.07. The molecule has 0 aromatic heterocycles. The van der Waals surface area contributed by atoms with Gasteiger partial charge in [-0.05, 0) is 40.3 Å². The third-order valence-electron chi connectivity index (χ3n) is 3.83. The van der Waals surface area contributed by atoms with Crippen LogP contribution in [0.1, 0.15) is 40.0 Å². The van der Waals surface area contributed by atoms with Crippen LogP contribution in [0, 0.1) is 0 Å². The Morgan fingerprint density at radius 2 is 1.82 bits per heavy atom. The molecule has 0 aliphatic heterocycles. The van der Waals surface area contributed by atoms with Crippen LogP contribution in [-0.2, 0) is 9.84 Å². The van der Waals surface area contributed by atoms with Gasteiger partial charge in [-0.15, -0.1) is 0 Å². The van der Waals surface area contributed by atoms with Gasteiger partial charge in [0.05, 0.1) is 11.9 Å². The minimum absolute atomic E-state index is 0.174. The lowest BCUT2D eigenvalue weighted by atomic mass is 9.88. The van der Waals surface area contributed by atoms with Crippen molar-refractivity contribution in [2.75, 3.05) is 25.6 Å². The average Bonchev–Trinajstić information content (AvgIpc) is 2.27. The second-order valence-corrected chi connectivity index (χ2v) is 7.47. The Kier molecular flexibility index (Phi) is 6.66. The highest BCUT2D eigenvalue weighted by Gasteiger charge is 2.33. The summed E-state index contributed by atoms with van der Waals surface area (Å²) in [5.74, 6) is 0.357. The summed E-state index contributed by atoms with van der Waals surface area (Å²) in [4.78, 5) is 2.01. The first-order chi connectivity index (χ1) is 7.69. The molecule has 0 aromatic rings. The van der Waals surface area contributed by atoms with Crippen LogP contribution in [0.2, 0.25) is 0 Å². The van der Waals surface area contributed by atoms with Gasteiger partial charge < -0.3 is 10.0 Å². The molecule has 2 atom stereocenters. The fraction of sp³-hybridized carbons (Fsp3) is 1.00. The van der Waals surface area contributed by atoms with Crippen molar-refractivity contribution in [3.63, 3.8) is 0 Å². The Labute approximate surface area is 106 Å². The lowest BCUT2D eigenvalue weighted by Crippen LogP contribution is -2.50. The number of nitrogens with zero attached hydrogens (tertiary/aromatic N) is 1. The van der Waals surface area contributed by atoms with Gasteiger partial charge in [0.2, 0.25) is 0 Å². The molecule has 0 aliphatic carbocycles. The van der Waals surface area contributed by atoms with Crippen molar-refractivity contribution in [1.82, 2.24) is 4.90 Å². The Morgan fingerprint density at radius 3 is 2.18 bits per heavy atom. The van der Waals surface area contributed by atoms with Gasteiger partial charge in [0.15, 0.2) is 0 Å². The maximum absolute atomic E-state index is 11.3. The van der Waals surface area contributed by atoms with Gasteiger partial charge >= 0.3 is 0 Å². The van der Waals surface area contributed by atoms with E-state index in [1.165, 1.54) is 0 Å². The fourth-order valence-electron chi connectivity index (χ4n) is 1.80. The zero-order valence-corrected chi connectivity index (χ0v) is 12.5. The Hall–Kier alpha value is -0.130. The summed E-state index contributed by atoms with van der Waals surface area (Å²) in [6, 6.07) is 0. The van der Waals surface area contributed by atoms with E-state index in [2.05, 4.69) is 0 Å². The number of sulfone groups is 1. The quantitative estimate of drug-likeness (QED) is 0.718. The van der Waals surface area contributed by atoms with E-state index in [4.69, 9.17) is 0 Å². The molecule has 0 aromatic carbocycles. The Balaban J connectivity index is 4.31. The van der Waals surface area contributed by atoms with Crippen molar-refractivity contribution < 1.29 is 13.5 Å². The van der Waals surface area contributed by atoms with Crippen LogP contribution < -0.4 is 0 Å². The van der Waals surface area contributed by atoms with Gasteiger partial charge in [-0.2, -0.15) is 0 Å². The van der Waals surface area contributed by atoms with Crippen molar-refractivity contribution in [2.45, 2.75) is 51.7 Å². The smallest absolute Gasteiger partial charge is 0.150 e. The predicted molar refractivity (Wildman–Crippen MR) is 72.0 cm³/mol. The van der Waals surface area contributed by atoms with Crippen molar-refractivity contribution in [2.24, 2.45) is 0 Å². The highest BCUT2D eigenvalue weighted by Crippen LogP contribution is 2.24. The molecule has 0 radical (unpaired) electrons. The monoisotopic (exact) mass is 265 g/mol. The van der Waals surface area contributed by atoms with Crippen molar-refractivity contribution >= 4 is 9.84 Å². The van der Waals surface area contributed by atoms with Crippen molar-refractivity contribution in [1.29, 1.82) is 0 Å². The first kappa shape index (κ1) is 16.9. The molecule has 17 heavy (non-hydrogen) atoms. The number of aliphatic hydroxyl groups excluding tert-OH is 1. The molecule has 0 rings (SSSR count). The van der Waals surface area contributed by atoms with E-state index in [-0.39, 0.29) is 17.0 Å². The van der Waals surface area contributed by atoms with Crippen LogP contribution in [0.5, 0.6) is 0 Å². The molecule has 0 saturated heterocycles. The molecule has 4 nitrogen and oxygen atoms in total. The number of rotatable bonds is 8. The topological polar surface area (TPSA) is 57.6 Å². The van der Waals surface area contributed by atoms with Gasteiger partial charge in [0, 0.05) is 11.3 Å². The third-order valence-corrected chi connectivity index (χ3v) is 5.62. The summed E-state index contributed by atoms with van der Waals surface area (Å²) < 4.78 is 22.7. The van der Waals surface area contributed by atoms with Crippen LogP contribution in [0.25, 0.3) is 0 Å². The predicted octanol–water partition coefficient (Wildman–Crippen LogP) is 1.29. The summed E-state index contributed by atoms with van der Waals surface area (Å²) >= 11 is 0. The summed E-state index contributed by atoms with van der Waals surface area (Å²) in [5, 5.41) is 10.2. The molecule has 104 valence electrons. The molecule has 0 saturated carbocycles. The first-order valence-electron chi connectivity index (χ1n) is 6.25. The molecule has 2 unspecified atom stereocenters. The lowest BCUT2D eigenvalue weighted by molar-refractivity contribution is -0.00261.